The number of carboxylic acids is 1. The normalized spacial score (nSPS) is 24.8. The maximum Gasteiger partial charge on any atom is 0.310 e. The first-order valence-electron chi connectivity index (χ1n) is 8.81. The van der Waals surface area contributed by atoms with E-state index in [2.05, 4.69) is 0 Å². The van der Waals surface area contributed by atoms with Gasteiger partial charge in [0.1, 0.15) is 0 Å². The zero-order chi connectivity index (χ0) is 18.5. The van der Waals surface area contributed by atoms with E-state index in [1.807, 2.05) is 72.8 Å². The molecular weight excluding hydrogens is 328 g/mol. The summed E-state index contributed by atoms with van der Waals surface area (Å²) in [5.74, 6) is -3.79. The van der Waals surface area contributed by atoms with E-state index in [0.717, 1.165) is 11.1 Å². The van der Waals surface area contributed by atoms with Crippen LogP contribution in [0.4, 0.5) is 0 Å². The molecule has 2 aromatic rings. The zero-order valence-electron chi connectivity index (χ0n) is 14.6. The molecule has 0 saturated heterocycles. The van der Waals surface area contributed by atoms with Gasteiger partial charge in [0.05, 0.1) is 18.4 Å². The second-order valence-corrected chi connectivity index (χ2v) is 6.40. The number of hydrogen-bond donors (Lipinski definition) is 1. The van der Waals surface area contributed by atoms with Crippen molar-refractivity contribution in [1.82, 2.24) is 0 Å². The summed E-state index contributed by atoms with van der Waals surface area (Å²) in [4.78, 5) is 24.9. The number of rotatable bonds is 5. The van der Waals surface area contributed by atoms with E-state index >= 15 is 0 Å². The van der Waals surface area contributed by atoms with Crippen LogP contribution in [0, 0.1) is 11.8 Å². The molecule has 1 N–H and O–H groups in total. The Labute approximate surface area is 153 Å². The zero-order valence-corrected chi connectivity index (χ0v) is 14.6. The maximum atomic E-state index is 12.8. The van der Waals surface area contributed by atoms with Gasteiger partial charge in [0.25, 0.3) is 0 Å². The van der Waals surface area contributed by atoms with E-state index in [-0.39, 0.29) is 18.4 Å². The third-order valence-electron chi connectivity index (χ3n) is 4.90. The molecule has 4 heteroatoms. The van der Waals surface area contributed by atoms with Crippen molar-refractivity contribution in [1.29, 1.82) is 0 Å². The molecule has 2 aromatic carbocycles. The Morgan fingerprint density at radius 1 is 0.846 bits per heavy atom. The fraction of sp³-hybridized carbons (Fsp3) is 0.273. The third kappa shape index (κ3) is 3.54. The Hall–Kier alpha value is -2.88. The average molecular weight is 350 g/mol. The molecule has 0 radical (unpaired) electrons. The van der Waals surface area contributed by atoms with E-state index in [1.54, 1.807) is 6.92 Å². The largest absolute Gasteiger partial charge is 0.481 e. The Balaban J connectivity index is 2.09. The van der Waals surface area contributed by atoms with Crippen LogP contribution in [0.5, 0.6) is 0 Å². The van der Waals surface area contributed by atoms with Gasteiger partial charge in [-0.05, 0) is 18.1 Å². The number of allylic oxidation sites excluding steroid dienone is 2. The Bertz CT molecular complexity index is 782. The van der Waals surface area contributed by atoms with Gasteiger partial charge >= 0.3 is 11.9 Å². The molecule has 0 heterocycles. The second-order valence-electron chi connectivity index (χ2n) is 6.40. The molecule has 1 aliphatic carbocycles. The fourth-order valence-electron chi connectivity index (χ4n) is 3.75. The minimum absolute atomic E-state index is 0.225. The number of esters is 1. The van der Waals surface area contributed by atoms with Crippen molar-refractivity contribution >= 4 is 11.9 Å². The summed E-state index contributed by atoms with van der Waals surface area (Å²) in [7, 11) is 0. The van der Waals surface area contributed by atoms with Crippen LogP contribution >= 0.6 is 0 Å². The van der Waals surface area contributed by atoms with E-state index < -0.39 is 23.8 Å². The molecule has 0 fully saturated rings. The molecule has 0 saturated carbocycles. The van der Waals surface area contributed by atoms with Crippen LogP contribution in [0.1, 0.15) is 29.9 Å². The summed E-state index contributed by atoms with van der Waals surface area (Å²) in [5, 5.41) is 9.98. The van der Waals surface area contributed by atoms with Crippen LogP contribution in [0.25, 0.3) is 0 Å². The van der Waals surface area contributed by atoms with Crippen LogP contribution in [-0.2, 0) is 14.3 Å². The third-order valence-corrected chi connectivity index (χ3v) is 4.90. The number of hydrogen-bond acceptors (Lipinski definition) is 3. The predicted molar refractivity (Wildman–Crippen MR) is 98.8 cm³/mol. The maximum absolute atomic E-state index is 12.8. The predicted octanol–water partition coefficient (Wildman–Crippen LogP) is 4.00. The number of aliphatic carboxylic acids is 1. The topological polar surface area (TPSA) is 63.6 Å². The second kappa shape index (κ2) is 8.00. The summed E-state index contributed by atoms with van der Waals surface area (Å²) < 4.78 is 5.26. The van der Waals surface area contributed by atoms with Crippen molar-refractivity contribution in [3.63, 3.8) is 0 Å². The highest BCUT2D eigenvalue weighted by Gasteiger charge is 2.46. The van der Waals surface area contributed by atoms with Crippen LogP contribution < -0.4 is 0 Å². The lowest BCUT2D eigenvalue weighted by molar-refractivity contribution is -0.159. The van der Waals surface area contributed by atoms with Gasteiger partial charge in [0, 0.05) is 11.8 Å². The smallest absolute Gasteiger partial charge is 0.310 e. The molecule has 0 aliphatic heterocycles. The van der Waals surface area contributed by atoms with Gasteiger partial charge < -0.3 is 9.84 Å². The lowest BCUT2D eigenvalue weighted by atomic mass is 9.66. The van der Waals surface area contributed by atoms with Crippen LogP contribution in [0.15, 0.2) is 72.8 Å². The van der Waals surface area contributed by atoms with Gasteiger partial charge in [-0.2, -0.15) is 0 Å². The molecule has 4 nitrogen and oxygen atoms in total. The van der Waals surface area contributed by atoms with Crippen LogP contribution in [0.2, 0.25) is 0 Å². The van der Waals surface area contributed by atoms with Gasteiger partial charge in [-0.1, -0.05) is 72.8 Å². The summed E-state index contributed by atoms with van der Waals surface area (Å²) >= 11 is 0. The first-order chi connectivity index (χ1) is 12.6. The summed E-state index contributed by atoms with van der Waals surface area (Å²) in [6.45, 7) is 1.96. The van der Waals surface area contributed by atoms with Gasteiger partial charge in [-0.15, -0.1) is 0 Å². The minimum atomic E-state index is -0.984. The number of carbonyl (C=O) groups excluding carboxylic acids is 1. The molecule has 3 rings (SSSR count). The first kappa shape index (κ1) is 17.9. The van der Waals surface area contributed by atoms with Crippen molar-refractivity contribution in [3.8, 4) is 0 Å². The van der Waals surface area contributed by atoms with Crippen LogP contribution in [-0.4, -0.2) is 23.7 Å². The van der Waals surface area contributed by atoms with E-state index in [4.69, 9.17) is 4.74 Å². The SMILES string of the molecule is CCOC(=O)[C@H]1[C@H](C(=O)O)[C@H](c2ccccc2)C=C[C@H]1c1ccccc1. The molecule has 26 heavy (non-hydrogen) atoms. The number of benzene rings is 2. The summed E-state index contributed by atoms with van der Waals surface area (Å²) in [6.07, 6.45) is 3.87. The van der Waals surface area contributed by atoms with Crippen molar-refractivity contribution < 1.29 is 19.4 Å². The molecule has 0 aromatic heterocycles. The standard InChI is InChI=1S/C22H22O4/c1-2-26-22(25)20-18(16-11-7-4-8-12-16)14-13-17(19(20)21(23)24)15-9-5-3-6-10-15/h3-14,17-20H,2H2,1H3,(H,23,24)/t17-,18-,19+,20+/m0/s1. The molecule has 134 valence electrons. The van der Waals surface area contributed by atoms with Gasteiger partial charge in [0.15, 0.2) is 0 Å². The van der Waals surface area contributed by atoms with E-state index in [1.165, 1.54) is 0 Å². The highest BCUT2D eigenvalue weighted by Crippen LogP contribution is 2.45. The lowest BCUT2D eigenvalue weighted by Gasteiger charge is -2.36. The van der Waals surface area contributed by atoms with Crippen molar-refractivity contribution in [3.05, 3.63) is 83.9 Å². The van der Waals surface area contributed by atoms with Gasteiger partial charge in [-0.3, -0.25) is 9.59 Å². The molecule has 0 bridgehead atoms. The monoisotopic (exact) mass is 350 g/mol. The highest BCUT2D eigenvalue weighted by atomic mass is 16.5. The van der Waals surface area contributed by atoms with Crippen molar-refractivity contribution in [2.24, 2.45) is 11.8 Å². The molecular formula is C22H22O4. The fourth-order valence-corrected chi connectivity index (χ4v) is 3.75. The Kier molecular flexibility index (Phi) is 5.52. The van der Waals surface area contributed by atoms with Gasteiger partial charge in [0.2, 0.25) is 0 Å². The molecule has 0 unspecified atom stereocenters. The van der Waals surface area contributed by atoms with Gasteiger partial charge in [-0.25, -0.2) is 0 Å². The average Bonchev–Trinajstić information content (AvgIpc) is 2.68. The highest BCUT2D eigenvalue weighted by molar-refractivity contribution is 5.84. The molecule has 4 atom stereocenters. The molecule has 1 aliphatic rings. The van der Waals surface area contributed by atoms with Crippen molar-refractivity contribution in [2.75, 3.05) is 6.61 Å². The first-order valence-corrected chi connectivity index (χ1v) is 8.81. The van der Waals surface area contributed by atoms with Crippen molar-refractivity contribution in [2.45, 2.75) is 18.8 Å². The molecule has 0 amide bonds. The summed E-state index contributed by atoms with van der Waals surface area (Å²) in [5.41, 5.74) is 1.80. The van der Waals surface area contributed by atoms with Crippen LogP contribution in [0.3, 0.4) is 0 Å². The Morgan fingerprint density at radius 3 is 1.73 bits per heavy atom. The van der Waals surface area contributed by atoms with E-state index in [9.17, 15) is 14.7 Å². The quantitative estimate of drug-likeness (QED) is 0.654. The summed E-state index contributed by atoms with van der Waals surface area (Å²) in [6, 6.07) is 19.0. The molecule has 0 spiro atoms. The van der Waals surface area contributed by atoms with E-state index in [0.29, 0.717) is 0 Å². The number of carbonyl (C=O) groups is 2. The minimum Gasteiger partial charge on any atom is -0.481 e. The lowest BCUT2D eigenvalue weighted by Crippen LogP contribution is -2.40. The number of ether oxygens (including phenoxy) is 1. The Morgan fingerprint density at radius 2 is 1.31 bits per heavy atom. The number of carboxylic acid groups (broad SMARTS) is 1.